The fourth-order valence-electron chi connectivity index (χ4n) is 4.64. The average Bonchev–Trinajstić information content (AvgIpc) is 3.34. The van der Waals surface area contributed by atoms with E-state index < -0.39 is 27.3 Å². The van der Waals surface area contributed by atoms with E-state index in [0.717, 1.165) is 42.4 Å². The van der Waals surface area contributed by atoms with Crippen molar-refractivity contribution in [3.63, 3.8) is 0 Å². The van der Waals surface area contributed by atoms with Gasteiger partial charge in [0.2, 0.25) is 16.4 Å². The Bertz CT molecular complexity index is 1280. The minimum atomic E-state index is -3.69. The van der Waals surface area contributed by atoms with Crippen molar-refractivity contribution in [3.8, 4) is 0 Å². The second-order valence-corrected chi connectivity index (χ2v) is 14.2. The van der Waals surface area contributed by atoms with Crippen LogP contribution < -0.4 is 4.72 Å². The molecule has 0 fully saturated rings. The Morgan fingerprint density at radius 1 is 0.927 bits per heavy atom. The Balaban J connectivity index is 1.55. The first-order chi connectivity index (χ1) is 19.1. The Morgan fingerprint density at radius 2 is 1.59 bits per heavy atom. The van der Waals surface area contributed by atoms with E-state index in [1.807, 2.05) is 51.1 Å². The SMILES string of the molecule is CC(C)(C)OC(=O)N(CCCc1ccc(CN(C=O)OC(C)(C)C)cc1)CCNS(=O)(=O)c1ccc2c(c1)CCC2. The molecular formula is C31H45N3O6S. The quantitative estimate of drug-likeness (QED) is 0.261. The third-order valence-corrected chi connectivity index (χ3v) is 7.93. The number of benzene rings is 2. The van der Waals surface area contributed by atoms with E-state index in [-0.39, 0.29) is 18.0 Å². The first-order valence-corrected chi connectivity index (χ1v) is 15.7. The summed E-state index contributed by atoms with van der Waals surface area (Å²) in [7, 11) is -3.69. The van der Waals surface area contributed by atoms with E-state index in [0.29, 0.717) is 25.9 Å². The predicted octanol–water partition coefficient (Wildman–Crippen LogP) is 5.01. The molecule has 9 nitrogen and oxygen atoms in total. The van der Waals surface area contributed by atoms with Crippen LogP contribution in [0.1, 0.15) is 76.6 Å². The summed E-state index contributed by atoms with van der Waals surface area (Å²) >= 11 is 0. The molecule has 0 saturated carbocycles. The fraction of sp³-hybridized carbons (Fsp3) is 0.548. The Labute approximate surface area is 245 Å². The van der Waals surface area contributed by atoms with Crippen LogP contribution in [0.2, 0.25) is 0 Å². The highest BCUT2D eigenvalue weighted by Crippen LogP contribution is 2.24. The van der Waals surface area contributed by atoms with E-state index >= 15 is 0 Å². The number of amides is 2. The first-order valence-electron chi connectivity index (χ1n) is 14.2. The lowest BCUT2D eigenvalue weighted by atomic mass is 10.1. The van der Waals surface area contributed by atoms with Gasteiger partial charge in [-0.3, -0.25) is 9.63 Å². The normalized spacial score (nSPS) is 13.5. The van der Waals surface area contributed by atoms with Gasteiger partial charge in [0, 0.05) is 19.6 Å². The van der Waals surface area contributed by atoms with Gasteiger partial charge in [-0.05, 0) is 108 Å². The number of aryl methyl sites for hydroxylation is 3. The summed E-state index contributed by atoms with van der Waals surface area (Å²) in [5.74, 6) is 0. The highest BCUT2D eigenvalue weighted by atomic mass is 32.2. The summed E-state index contributed by atoms with van der Waals surface area (Å²) in [6, 6.07) is 13.2. The van der Waals surface area contributed by atoms with Gasteiger partial charge in [0.15, 0.2) is 0 Å². The van der Waals surface area contributed by atoms with Crippen LogP contribution in [0.3, 0.4) is 0 Å². The molecule has 3 rings (SSSR count). The highest BCUT2D eigenvalue weighted by Gasteiger charge is 2.23. The zero-order valence-corrected chi connectivity index (χ0v) is 26.1. The van der Waals surface area contributed by atoms with E-state index in [9.17, 15) is 18.0 Å². The number of carbonyl (C=O) groups is 2. The van der Waals surface area contributed by atoms with Crippen molar-refractivity contribution in [2.45, 2.75) is 96.3 Å². The summed E-state index contributed by atoms with van der Waals surface area (Å²) in [4.78, 5) is 31.7. The molecule has 1 N–H and O–H groups in total. The van der Waals surface area contributed by atoms with Crippen molar-refractivity contribution in [1.82, 2.24) is 14.7 Å². The minimum Gasteiger partial charge on any atom is -0.444 e. The molecule has 226 valence electrons. The maximum atomic E-state index is 12.9. The molecule has 0 spiro atoms. The number of hydrogen-bond acceptors (Lipinski definition) is 6. The molecule has 1 aliphatic carbocycles. The molecule has 0 unspecified atom stereocenters. The molecule has 2 aromatic carbocycles. The predicted molar refractivity (Wildman–Crippen MR) is 159 cm³/mol. The molecule has 10 heteroatoms. The van der Waals surface area contributed by atoms with Gasteiger partial charge in [-0.15, -0.1) is 0 Å². The molecule has 2 aromatic rings. The zero-order chi connectivity index (χ0) is 30.3. The maximum absolute atomic E-state index is 12.9. The van der Waals surface area contributed by atoms with Gasteiger partial charge in [0.1, 0.15) is 5.60 Å². The molecule has 0 radical (unpaired) electrons. The third-order valence-electron chi connectivity index (χ3n) is 6.47. The Kier molecular flexibility index (Phi) is 11.0. The monoisotopic (exact) mass is 587 g/mol. The summed E-state index contributed by atoms with van der Waals surface area (Å²) in [6.45, 7) is 12.1. The molecule has 0 saturated heterocycles. The average molecular weight is 588 g/mol. The molecule has 41 heavy (non-hydrogen) atoms. The lowest BCUT2D eigenvalue weighted by molar-refractivity contribution is -0.220. The smallest absolute Gasteiger partial charge is 0.410 e. The second kappa shape index (κ2) is 13.8. The topological polar surface area (TPSA) is 105 Å². The lowest BCUT2D eigenvalue weighted by Crippen LogP contribution is -2.42. The number of rotatable bonds is 13. The van der Waals surface area contributed by atoms with Gasteiger partial charge in [0.05, 0.1) is 17.0 Å². The van der Waals surface area contributed by atoms with Crippen LogP contribution in [0.5, 0.6) is 0 Å². The summed E-state index contributed by atoms with van der Waals surface area (Å²) in [5, 5.41) is 1.28. The van der Waals surface area contributed by atoms with Gasteiger partial charge in [0.25, 0.3) is 0 Å². The van der Waals surface area contributed by atoms with Crippen LogP contribution in [-0.4, -0.2) is 61.7 Å². The van der Waals surface area contributed by atoms with Crippen molar-refractivity contribution < 1.29 is 27.6 Å². The molecule has 1 aliphatic rings. The molecular weight excluding hydrogens is 542 g/mol. The largest absolute Gasteiger partial charge is 0.444 e. The van der Waals surface area contributed by atoms with Crippen LogP contribution >= 0.6 is 0 Å². The number of carbonyl (C=O) groups excluding carboxylic acids is 2. The van der Waals surface area contributed by atoms with Crippen molar-refractivity contribution in [2.75, 3.05) is 19.6 Å². The number of hydroxylamine groups is 2. The van der Waals surface area contributed by atoms with Crippen LogP contribution in [0.25, 0.3) is 0 Å². The van der Waals surface area contributed by atoms with Crippen molar-refractivity contribution in [3.05, 3.63) is 64.7 Å². The maximum Gasteiger partial charge on any atom is 0.410 e. The van der Waals surface area contributed by atoms with Crippen molar-refractivity contribution in [2.24, 2.45) is 0 Å². The van der Waals surface area contributed by atoms with E-state index in [2.05, 4.69) is 4.72 Å². The number of nitrogens with zero attached hydrogens (tertiary/aromatic N) is 2. The Hall–Kier alpha value is -2.95. The Morgan fingerprint density at radius 3 is 2.22 bits per heavy atom. The van der Waals surface area contributed by atoms with Gasteiger partial charge in [-0.25, -0.2) is 23.0 Å². The van der Waals surface area contributed by atoms with Gasteiger partial charge >= 0.3 is 6.09 Å². The summed E-state index contributed by atoms with van der Waals surface area (Å²) in [5.41, 5.74) is 3.20. The van der Waals surface area contributed by atoms with Gasteiger partial charge in [-0.1, -0.05) is 30.3 Å². The van der Waals surface area contributed by atoms with Crippen LogP contribution in [0.15, 0.2) is 47.4 Å². The van der Waals surface area contributed by atoms with E-state index in [1.165, 1.54) is 10.6 Å². The number of fused-ring (bicyclic) bond motifs is 1. The van der Waals surface area contributed by atoms with Crippen molar-refractivity contribution in [1.29, 1.82) is 0 Å². The van der Waals surface area contributed by atoms with Crippen molar-refractivity contribution >= 4 is 22.5 Å². The standard InChI is InChI=1S/C31H45N3O6S/c1-30(2,3)39-29(36)33(20-18-32-41(37,38)28-17-16-26-10-7-11-27(26)21-28)19-8-9-24-12-14-25(15-13-24)22-34(23-35)40-31(4,5)6/h12-17,21,23,32H,7-11,18-20,22H2,1-6H3. The lowest BCUT2D eigenvalue weighted by Gasteiger charge is -2.27. The van der Waals surface area contributed by atoms with E-state index in [4.69, 9.17) is 9.57 Å². The molecule has 0 aliphatic heterocycles. The second-order valence-electron chi connectivity index (χ2n) is 12.5. The summed E-state index contributed by atoms with van der Waals surface area (Å²) < 4.78 is 34.1. The molecule has 0 aromatic heterocycles. The highest BCUT2D eigenvalue weighted by molar-refractivity contribution is 7.89. The van der Waals surface area contributed by atoms with Crippen LogP contribution in [0.4, 0.5) is 4.79 Å². The van der Waals surface area contributed by atoms with Crippen LogP contribution in [0, 0.1) is 0 Å². The van der Waals surface area contributed by atoms with Gasteiger partial charge in [-0.2, -0.15) is 0 Å². The van der Waals surface area contributed by atoms with Crippen LogP contribution in [-0.2, 0) is 50.2 Å². The molecule has 0 atom stereocenters. The number of nitrogens with one attached hydrogen (secondary N) is 1. The minimum absolute atomic E-state index is 0.0806. The fourth-order valence-corrected chi connectivity index (χ4v) is 5.71. The number of sulfonamides is 1. The summed E-state index contributed by atoms with van der Waals surface area (Å²) in [6.07, 6.45) is 4.53. The number of hydrogen-bond donors (Lipinski definition) is 1. The zero-order valence-electron chi connectivity index (χ0n) is 25.2. The molecule has 2 amide bonds. The molecule has 0 heterocycles. The number of ether oxygens (including phenoxy) is 1. The third kappa shape index (κ3) is 10.8. The van der Waals surface area contributed by atoms with E-state index in [1.54, 1.807) is 37.8 Å². The molecule has 0 bridgehead atoms. The van der Waals surface area contributed by atoms with Gasteiger partial charge < -0.3 is 9.64 Å². The first kappa shape index (κ1) is 32.6.